The van der Waals surface area contributed by atoms with Crippen LogP contribution in [0, 0.1) is 20.2 Å². The number of rotatable bonds is 4. The Morgan fingerprint density at radius 2 is 1.24 bits per heavy atom. The number of benzene rings is 2. The zero-order valence-electron chi connectivity index (χ0n) is 14.6. The number of nitrogens with zero attached hydrogens (tertiary/aromatic N) is 2. The molecule has 2 aromatic rings. The van der Waals surface area contributed by atoms with Crippen LogP contribution in [0.2, 0.25) is 10.0 Å². The predicted molar refractivity (Wildman–Crippen MR) is 114 cm³/mol. The van der Waals surface area contributed by atoms with Gasteiger partial charge in [-0.1, -0.05) is 35.3 Å². The van der Waals surface area contributed by atoms with Crippen molar-refractivity contribution in [3.8, 4) is 0 Å². The van der Waals surface area contributed by atoms with E-state index >= 15 is 0 Å². The summed E-state index contributed by atoms with van der Waals surface area (Å²) in [7, 11) is 0. The highest BCUT2D eigenvalue weighted by atomic mass is 35.5. The summed E-state index contributed by atoms with van der Waals surface area (Å²) in [6.07, 6.45) is 3.19. The standard InChI is InChI=1S/C19H12Cl2N2O5S/c20-15-3-1-11(7-17(15)22(25)26)5-13-9-29-10-14(19(13)24)6-12-2-4-16(21)18(8-12)23(27)28/h1-8H,9-10H2. The summed E-state index contributed by atoms with van der Waals surface area (Å²) in [6.45, 7) is 0. The van der Waals surface area contributed by atoms with Crippen molar-refractivity contribution < 1.29 is 14.6 Å². The SMILES string of the molecule is O=C1C(=Cc2ccc(Cl)c([N+](=O)[O-])c2)CSCC1=Cc1ccc(Cl)c([N+](=O)[O-])c1. The molecule has 29 heavy (non-hydrogen) atoms. The first-order valence-electron chi connectivity index (χ1n) is 8.17. The highest BCUT2D eigenvalue weighted by Gasteiger charge is 2.22. The minimum atomic E-state index is -0.583. The van der Waals surface area contributed by atoms with Crippen LogP contribution in [0.1, 0.15) is 11.1 Å². The van der Waals surface area contributed by atoms with E-state index in [9.17, 15) is 25.0 Å². The zero-order valence-corrected chi connectivity index (χ0v) is 17.0. The molecule has 0 aliphatic carbocycles. The van der Waals surface area contributed by atoms with Gasteiger partial charge in [0.25, 0.3) is 11.4 Å². The van der Waals surface area contributed by atoms with Gasteiger partial charge in [-0.3, -0.25) is 25.0 Å². The molecule has 0 N–H and O–H groups in total. The Kier molecular flexibility index (Phi) is 6.36. The van der Waals surface area contributed by atoms with E-state index in [1.807, 2.05) is 0 Å². The second-order valence-electron chi connectivity index (χ2n) is 6.10. The minimum Gasteiger partial charge on any atom is -0.289 e. The molecule has 0 unspecified atom stereocenters. The Balaban J connectivity index is 1.93. The van der Waals surface area contributed by atoms with Crippen LogP contribution in [-0.2, 0) is 4.79 Å². The van der Waals surface area contributed by atoms with Gasteiger partial charge in [-0.05, 0) is 35.4 Å². The normalized spacial score (nSPS) is 17.0. The molecule has 2 aromatic carbocycles. The van der Waals surface area contributed by atoms with E-state index in [1.165, 1.54) is 36.0 Å². The Morgan fingerprint density at radius 3 is 1.62 bits per heavy atom. The number of thioether (sulfide) groups is 1. The van der Waals surface area contributed by atoms with Gasteiger partial charge in [0, 0.05) is 34.8 Å². The van der Waals surface area contributed by atoms with Crippen molar-refractivity contribution in [1.82, 2.24) is 0 Å². The maximum absolute atomic E-state index is 12.8. The van der Waals surface area contributed by atoms with Crippen LogP contribution in [0.4, 0.5) is 11.4 Å². The number of hydrogen-bond acceptors (Lipinski definition) is 6. The molecule has 0 bridgehead atoms. The molecule has 0 spiro atoms. The first-order chi connectivity index (χ1) is 13.8. The average molecular weight is 451 g/mol. The fraction of sp³-hybridized carbons (Fsp3) is 0.105. The molecule has 0 radical (unpaired) electrons. The van der Waals surface area contributed by atoms with Crippen LogP contribution in [0.15, 0.2) is 47.5 Å². The number of ketones is 1. The van der Waals surface area contributed by atoms with Gasteiger partial charge < -0.3 is 0 Å². The lowest BCUT2D eigenvalue weighted by Gasteiger charge is -2.16. The maximum atomic E-state index is 12.8. The second kappa shape index (κ2) is 8.77. The summed E-state index contributed by atoms with van der Waals surface area (Å²) in [5, 5.41) is 22.1. The largest absolute Gasteiger partial charge is 0.289 e. The van der Waals surface area contributed by atoms with E-state index in [0.29, 0.717) is 33.8 Å². The highest BCUT2D eigenvalue weighted by molar-refractivity contribution is 7.99. The third-order valence-electron chi connectivity index (χ3n) is 4.11. The van der Waals surface area contributed by atoms with E-state index in [0.717, 1.165) is 0 Å². The summed E-state index contributed by atoms with van der Waals surface area (Å²) in [6, 6.07) is 8.65. The van der Waals surface area contributed by atoms with Gasteiger partial charge in [0.1, 0.15) is 10.0 Å². The molecule has 1 saturated heterocycles. The number of carbonyl (C=O) groups excluding carboxylic acids is 1. The lowest BCUT2D eigenvalue weighted by atomic mass is 10.0. The van der Waals surface area contributed by atoms with Gasteiger partial charge in [0.05, 0.1) is 9.85 Å². The monoisotopic (exact) mass is 450 g/mol. The molecule has 0 amide bonds. The van der Waals surface area contributed by atoms with Crippen LogP contribution in [0.25, 0.3) is 12.2 Å². The summed E-state index contributed by atoms with van der Waals surface area (Å²) < 4.78 is 0. The van der Waals surface area contributed by atoms with Crippen molar-refractivity contribution in [2.24, 2.45) is 0 Å². The second-order valence-corrected chi connectivity index (χ2v) is 7.90. The van der Waals surface area contributed by atoms with Gasteiger partial charge in [0.15, 0.2) is 5.78 Å². The number of nitro groups is 2. The van der Waals surface area contributed by atoms with E-state index in [4.69, 9.17) is 23.2 Å². The van der Waals surface area contributed by atoms with Gasteiger partial charge in [-0.15, -0.1) is 0 Å². The smallest absolute Gasteiger partial charge is 0.288 e. The lowest BCUT2D eigenvalue weighted by molar-refractivity contribution is -0.384. The molecule has 3 rings (SSSR count). The topological polar surface area (TPSA) is 103 Å². The van der Waals surface area contributed by atoms with Gasteiger partial charge >= 0.3 is 0 Å². The number of hydrogen-bond donors (Lipinski definition) is 0. The number of Topliss-reactive ketones (excluding diaryl/α,β-unsaturated/α-hetero) is 1. The Labute approximate surface area is 179 Å². The Morgan fingerprint density at radius 1 is 0.828 bits per heavy atom. The summed E-state index contributed by atoms with van der Waals surface area (Å²) in [5.74, 6) is 0.694. The van der Waals surface area contributed by atoms with E-state index < -0.39 is 9.85 Å². The quantitative estimate of drug-likeness (QED) is 0.341. The summed E-state index contributed by atoms with van der Waals surface area (Å²) in [5.41, 5.74) is 1.48. The first kappa shape index (κ1) is 21.0. The number of halogens is 2. The van der Waals surface area contributed by atoms with Crippen molar-refractivity contribution in [3.63, 3.8) is 0 Å². The minimum absolute atomic E-state index is 0.0198. The highest BCUT2D eigenvalue weighted by Crippen LogP contribution is 2.31. The van der Waals surface area contributed by atoms with E-state index in [-0.39, 0.29) is 27.2 Å². The lowest BCUT2D eigenvalue weighted by Crippen LogP contribution is -2.16. The summed E-state index contributed by atoms with van der Waals surface area (Å²) >= 11 is 13.1. The maximum Gasteiger partial charge on any atom is 0.288 e. The van der Waals surface area contributed by atoms with Crippen LogP contribution in [-0.4, -0.2) is 27.1 Å². The molecule has 1 heterocycles. The molecule has 1 aliphatic heterocycles. The van der Waals surface area contributed by atoms with Crippen LogP contribution < -0.4 is 0 Å². The first-order valence-corrected chi connectivity index (χ1v) is 10.1. The van der Waals surface area contributed by atoms with E-state index in [1.54, 1.807) is 24.3 Å². The third-order valence-corrected chi connectivity index (χ3v) is 5.78. The molecule has 7 nitrogen and oxygen atoms in total. The molecular weight excluding hydrogens is 439 g/mol. The molecule has 1 fully saturated rings. The third kappa shape index (κ3) is 4.84. The Hall–Kier alpha value is -2.68. The van der Waals surface area contributed by atoms with Gasteiger partial charge in [0.2, 0.25) is 0 Å². The van der Waals surface area contributed by atoms with Crippen molar-refractivity contribution in [2.75, 3.05) is 11.5 Å². The van der Waals surface area contributed by atoms with Crippen molar-refractivity contribution in [3.05, 3.63) is 88.9 Å². The van der Waals surface area contributed by atoms with Crippen molar-refractivity contribution in [2.45, 2.75) is 0 Å². The zero-order chi connectivity index (χ0) is 21.1. The van der Waals surface area contributed by atoms with Crippen LogP contribution in [0.5, 0.6) is 0 Å². The summed E-state index contributed by atoms with van der Waals surface area (Å²) in [4.78, 5) is 33.8. The van der Waals surface area contributed by atoms with Crippen LogP contribution >= 0.6 is 35.0 Å². The molecule has 10 heteroatoms. The molecule has 0 aromatic heterocycles. The van der Waals surface area contributed by atoms with Gasteiger partial charge in [-0.25, -0.2) is 0 Å². The van der Waals surface area contributed by atoms with E-state index in [2.05, 4.69) is 0 Å². The molecular formula is C19H12Cl2N2O5S. The molecule has 148 valence electrons. The fourth-order valence-electron chi connectivity index (χ4n) is 2.74. The molecule has 0 atom stereocenters. The fourth-order valence-corrected chi connectivity index (χ4v) is 4.09. The number of nitro benzene ring substituents is 2. The van der Waals surface area contributed by atoms with Crippen LogP contribution in [0.3, 0.4) is 0 Å². The van der Waals surface area contributed by atoms with Crippen molar-refractivity contribution >= 4 is 64.3 Å². The molecule has 1 aliphatic rings. The Bertz CT molecular complexity index is 1010. The number of carbonyl (C=O) groups is 1. The van der Waals surface area contributed by atoms with Crippen molar-refractivity contribution in [1.29, 1.82) is 0 Å². The predicted octanol–water partition coefficient (Wildman–Crippen LogP) is 5.59. The average Bonchev–Trinajstić information content (AvgIpc) is 2.67. The molecule has 0 saturated carbocycles. The van der Waals surface area contributed by atoms with Gasteiger partial charge in [-0.2, -0.15) is 11.8 Å².